The summed E-state index contributed by atoms with van der Waals surface area (Å²) in [5.41, 5.74) is 1.02. The van der Waals surface area contributed by atoms with Crippen molar-refractivity contribution < 1.29 is 5.11 Å². The molecule has 0 aliphatic heterocycles. The maximum absolute atomic E-state index is 9.68. The second-order valence-electron chi connectivity index (χ2n) is 4.34. The van der Waals surface area contributed by atoms with E-state index in [1.54, 1.807) is 0 Å². The Morgan fingerprint density at radius 3 is 2.62 bits per heavy atom. The average Bonchev–Trinajstić information content (AvgIpc) is 2.24. The van der Waals surface area contributed by atoms with Crippen molar-refractivity contribution in [1.82, 2.24) is 9.97 Å². The minimum atomic E-state index is -0.347. The van der Waals surface area contributed by atoms with Crippen LogP contribution < -0.4 is 5.32 Å². The molecule has 4 nitrogen and oxygen atoms in total. The zero-order valence-corrected chi connectivity index (χ0v) is 10.5. The van der Waals surface area contributed by atoms with Crippen molar-refractivity contribution in [3.63, 3.8) is 0 Å². The zero-order valence-electron chi connectivity index (χ0n) is 10.5. The summed E-state index contributed by atoms with van der Waals surface area (Å²) in [6, 6.07) is 1.93. The van der Waals surface area contributed by atoms with Crippen molar-refractivity contribution in [2.75, 3.05) is 11.9 Å². The number of aliphatic hydroxyl groups excluding tert-OH is 1. The van der Waals surface area contributed by atoms with Crippen molar-refractivity contribution in [2.45, 2.75) is 40.2 Å². The van der Waals surface area contributed by atoms with Gasteiger partial charge in [-0.15, -0.1) is 0 Å². The molecule has 0 saturated heterocycles. The lowest BCUT2D eigenvalue weighted by Crippen LogP contribution is -2.25. The van der Waals surface area contributed by atoms with Gasteiger partial charge in [-0.05, 0) is 19.3 Å². The molecule has 1 rings (SSSR count). The standard InChI is InChI=1S/C12H21N3O/c1-5-10-6-12(15-9(4)14-10)13-7-11(16)8(2)3/h6,8,11,16H,5,7H2,1-4H3,(H,13,14,15). The summed E-state index contributed by atoms with van der Waals surface area (Å²) in [5, 5.41) is 12.8. The highest BCUT2D eigenvalue weighted by molar-refractivity contribution is 5.36. The molecule has 1 atom stereocenters. The Labute approximate surface area is 97.1 Å². The first-order valence-electron chi connectivity index (χ1n) is 5.79. The highest BCUT2D eigenvalue weighted by Crippen LogP contribution is 2.08. The van der Waals surface area contributed by atoms with Crippen molar-refractivity contribution in [2.24, 2.45) is 5.92 Å². The average molecular weight is 223 g/mol. The molecule has 1 heterocycles. The van der Waals surface area contributed by atoms with Gasteiger partial charge in [0, 0.05) is 18.3 Å². The number of anilines is 1. The number of hydrogen-bond acceptors (Lipinski definition) is 4. The molecule has 1 aromatic rings. The molecular formula is C12H21N3O. The quantitative estimate of drug-likeness (QED) is 0.799. The summed E-state index contributed by atoms with van der Waals surface area (Å²) in [6.07, 6.45) is 0.547. The van der Waals surface area contributed by atoms with Crippen LogP contribution in [0.5, 0.6) is 0 Å². The van der Waals surface area contributed by atoms with Crippen LogP contribution in [0.1, 0.15) is 32.3 Å². The predicted molar refractivity (Wildman–Crippen MR) is 65.5 cm³/mol. The molecule has 0 aliphatic rings. The minimum Gasteiger partial charge on any atom is -0.391 e. The number of nitrogens with zero attached hydrogens (tertiary/aromatic N) is 2. The van der Waals surface area contributed by atoms with Crippen LogP contribution in [-0.4, -0.2) is 27.7 Å². The molecule has 4 heteroatoms. The normalized spacial score (nSPS) is 12.9. The van der Waals surface area contributed by atoms with E-state index in [-0.39, 0.29) is 12.0 Å². The number of aryl methyl sites for hydroxylation is 2. The van der Waals surface area contributed by atoms with Crippen LogP contribution in [0.2, 0.25) is 0 Å². The van der Waals surface area contributed by atoms with Gasteiger partial charge in [0.05, 0.1) is 6.10 Å². The van der Waals surface area contributed by atoms with Crippen LogP contribution in [0.3, 0.4) is 0 Å². The van der Waals surface area contributed by atoms with Gasteiger partial charge < -0.3 is 10.4 Å². The van der Waals surface area contributed by atoms with Gasteiger partial charge in [0.25, 0.3) is 0 Å². The molecule has 0 bridgehead atoms. The molecule has 16 heavy (non-hydrogen) atoms. The molecule has 0 radical (unpaired) electrons. The van der Waals surface area contributed by atoms with Crippen LogP contribution in [0.25, 0.3) is 0 Å². The van der Waals surface area contributed by atoms with Gasteiger partial charge in [-0.3, -0.25) is 0 Å². The maximum atomic E-state index is 9.68. The largest absolute Gasteiger partial charge is 0.391 e. The summed E-state index contributed by atoms with van der Waals surface area (Å²) in [7, 11) is 0. The smallest absolute Gasteiger partial charge is 0.130 e. The summed E-state index contributed by atoms with van der Waals surface area (Å²) in [4.78, 5) is 8.58. The van der Waals surface area contributed by atoms with E-state index in [1.807, 2.05) is 26.8 Å². The van der Waals surface area contributed by atoms with E-state index in [9.17, 15) is 5.11 Å². The molecule has 90 valence electrons. The maximum Gasteiger partial charge on any atom is 0.130 e. The number of aliphatic hydroxyl groups is 1. The second kappa shape index (κ2) is 5.80. The molecule has 0 spiro atoms. The topological polar surface area (TPSA) is 58.0 Å². The number of nitrogens with one attached hydrogen (secondary N) is 1. The Morgan fingerprint density at radius 1 is 1.38 bits per heavy atom. The first-order chi connectivity index (χ1) is 7.52. The van der Waals surface area contributed by atoms with E-state index in [2.05, 4.69) is 22.2 Å². The zero-order chi connectivity index (χ0) is 12.1. The highest BCUT2D eigenvalue weighted by atomic mass is 16.3. The van der Waals surface area contributed by atoms with Gasteiger partial charge >= 0.3 is 0 Å². The Hall–Kier alpha value is -1.16. The Kier molecular flexibility index (Phi) is 4.68. The molecule has 0 saturated carbocycles. The Morgan fingerprint density at radius 2 is 2.06 bits per heavy atom. The summed E-state index contributed by atoms with van der Waals surface area (Å²) >= 11 is 0. The molecular weight excluding hydrogens is 202 g/mol. The van der Waals surface area contributed by atoms with Crippen molar-refractivity contribution in [3.8, 4) is 0 Å². The SMILES string of the molecule is CCc1cc(NCC(O)C(C)C)nc(C)n1. The van der Waals surface area contributed by atoms with Crippen LogP contribution in [0, 0.1) is 12.8 Å². The van der Waals surface area contributed by atoms with Gasteiger partial charge in [0.1, 0.15) is 11.6 Å². The molecule has 0 amide bonds. The minimum absolute atomic E-state index is 0.251. The van der Waals surface area contributed by atoms with Gasteiger partial charge in [-0.25, -0.2) is 9.97 Å². The van der Waals surface area contributed by atoms with Gasteiger partial charge in [0.15, 0.2) is 0 Å². The first kappa shape index (κ1) is 12.9. The van der Waals surface area contributed by atoms with Crippen LogP contribution >= 0.6 is 0 Å². The third-order valence-corrected chi connectivity index (χ3v) is 2.52. The fourth-order valence-corrected chi connectivity index (χ4v) is 1.35. The molecule has 2 N–H and O–H groups in total. The van der Waals surface area contributed by atoms with E-state index in [1.165, 1.54) is 0 Å². The summed E-state index contributed by atoms with van der Waals surface area (Å²) < 4.78 is 0. The Bertz CT molecular complexity index is 339. The van der Waals surface area contributed by atoms with Crippen molar-refractivity contribution in [1.29, 1.82) is 0 Å². The van der Waals surface area contributed by atoms with Gasteiger partial charge in [-0.2, -0.15) is 0 Å². The highest BCUT2D eigenvalue weighted by Gasteiger charge is 2.09. The van der Waals surface area contributed by atoms with Crippen LogP contribution in [-0.2, 0) is 6.42 Å². The first-order valence-corrected chi connectivity index (χ1v) is 5.79. The molecule has 1 aromatic heterocycles. The lowest BCUT2D eigenvalue weighted by molar-refractivity contribution is 0.138. The van der Waals surface area contributed by atoms with Crippen molar-refractivity contribution in [3.05, 3.63) is 17.6 Å². The lowest BCUT2D eigenvalue weighted by atomic mass is 10.1. The molecule has 0 aromatic carbocycles. The Balaban J connectivity index is 2.63. The van der Waals surface area contributed by atoms with E-state index in [0.29, 0.717) is 6.54 Å². The van der Waals surface area contributed by atoms with E-state index in [0.717, 1.165) is 23.8 Å². The van der Waals surface area contributed by atoms with Crippen molar-refractivity contribution >= 4 is 5.82 Å². The lowest BCUT2D eigenvalue weighted by Gasteiger charge is -2.15. The van der Waals surface area contributed by atoms with Gasteiger partial charge in [-0.1, -0.05) is 20.8 Å². The molecule has 0 fully saturated rings. The summed E-state index contributed by atoms with van der Waals surface area (Å²) in [5.74, 6) is 1.81. The fourth-order valence-electron chi connectivity index (χ4n) is 1.35. The fraction of sp³-hybridized carbons (Fsp3) is 0.667. The summed E-state index contributed by atoms with van der Waals surface area (Å²) in [6.45, 7) is 8.46. The number of hydrogen-bond donors (Lipinski definition) is 2. The third-order valence-electron chi connectivity index (χ3n) is 2.52. The predicted octanol–water partition coefficient (Wildman–Crippen LogP) is 1.78. The van der Waals surface area contributed by atoms with Gasteiger partial charge in [0.2, 0.25) is 0 Å². The number of aromatic nitrogens is 2. The number of rotatable bonds is 5. The van der Waals surface area contributed by atoms with E-state index in [4.69, 9.17) is 0 Å². The second-order valence-corrected chi connectivity index (χ2v) is 4.34. The molecule has 1 unspecified atom stereocenters. The monoisotopic (exact) mass is 223 g/mol. The van der Waals surface area contributed by atoms with Crippen LogP contribution in [0.15, 0.2) is 6.07 Å². The molecule has 0 aliphatic carbocycles. The van der Waals surface area contributed by atoms with E-state index >= 15 is 0 Å². The van der Waals surface area contributed by atoms with Crippen LogP contribution in [0.4, 0.5) is 5.82 Å². The van der Waals surface area contributed by atoms with E-state index < -0.39 is 0 Å². The third kappa shape index (κ3) is 3.77.